The number of nitrogens with one attached hydrogen (secondary N) is 1. The summed E-state index contributed by atoms with van der Waals surface area (Å²) in [5.41, 5.74) is 5.64. The Balaban J connectivity index is 1.77. The van der Waals surface area contributed by atoms with Gasteiger partial charge in [-0.15, -0.1) is 0 Å². The first kappa shape index (κ1) is 22.9. The second kappa shape index (κ2) is 8.58. The molecule has 0 unspecified atom stereocenters. The topological polar surface area (TPSA) is 59.6 Å². The zero-order valence-electron chi connectivity index (χ0n) is 20.5. The number of benzene rings is 1. The van der Waals surface area contributed by atoms with Gasteiger partial charge in [0.1, 0.15) is 11.4 Å². The molecule has 1 aliphatic carbocycles. The van der Waals surface area contributed by atoms with Crippen molar-refractivity contribution in [2.24, 2.45) is 5.92 Å². The molecule has 0 saturated carbocycles. The van der Waals surface area contributed by atoms with E-state index in [-0.39, 0.29) is 23.4 Å². The van der Waals surface area contributed by atoms with Crippen LogP contribution in [0.4, 0.5) is 0 Å². The van der Waals surface area contributed by atoms with Crippen LogP contribution in [0.2, 0.25) is 0 Å². The largest absolute Gasteiger partial charge is 0.508 e. The molecule has 2 N–H and O–H groups in total. The lowest BCUT2D eigenvalue weighted by atomic mass is 9.58. The van der Waals surface area contributed by atoms with Crippen LogP contribution in [0.15, 0.2) is 24.3 Å². The maximum atomic E-state index is 13.5. The van der Waals surface area contributed by atoms with E-state index in [1.807, 2.05) is 17.0 Å². The van der Waals surface area contributed by atoms with Crippen LogP contribution in [0.1, 0.15) is 73.9 Å². The van der Waals surface area contributed by atoms with Gasteiger partial charge in [-0.3, -0.25) is 4.79 Å². The van der Waals surface area contributed by atoms with Crippen LogP contribution in [0, 0.1) is 12.8 Å². The minimum atomic E-state index is -0.00912. The van der Waals surface area contributed by atoms with Crippen molar-refractivity contribution in [2.75, 3.05) is 19.6 Å². The lowest BCUT2D eigenvalue weighted by molar-refractivity contribution is 0.0637. The van der Waals surface area contributed by atoms with E-state index in [1.54, 1.807) is 6.07 Å². The number of phenolic OH excluding ortho intramolecular Hbond substituents is 1. The van der Waals surface area contributed by atoms with Gasteiger partial charge in [0.2, 0.25) is 0 Å². The second-order valence-corrected chi connectivity index (χ2v) is 10.4. The van der Waals surface area contributed by atoms with Crippen molar-refractivity contribution in [1.82, 2.24) is 14.8 Å². The van der Waals surface area contributed by atoms with E-state index in [9.17, 15) is 9.90 Å². The molecule has 4 rings (SSSR count). The molecule has 0 bridgehead atoms. The van der Waals surface area contributed by atoms with E-state index in [2.05, 4.69) is 57.5 Å². The summed E-state index contributed by atoms with van der Waals surface area (Å²) in [6.45, 7) is 15.9. The maximum absolute atomic E-state index is 13.5. The van der Waals surface area contributed by atoms with E-state index in [0.717, 1.165) is 50.2 Å². The third-order valence-electron chi connectivity index (χ3n) is 7.97. The smallest absolute Gasteiger partial charge is 0.271 e. The minimum absolute atomic E-state index is 0.00912. The molecule has 2 atom stereocenters. The van der Waals surface area contributed by atoms with Crippen molar-refractivity contribution in [1.29, 1.82) is 0 Å². The van der Waals surface area contributed by atoms with Gasteiger partial charge in [-0.25, -0.2) is 0 Å². The summed E-state index contributed by atoms with van der Waals surface area (Å²) in [6, 6.07) is 8.17. The number of hydrogen-bond acceptors (Lipinski definition) is 3. The van der Waals surface area contributed by atoms with E-state index in [1.165, 1.54) is 16.8 Å². The number of carbonyl (C=O) groups excluding carboxylic acids is 1. The molecule has 5 heteroatoms. The number of H-pyrrole nitrogens is 1. The Morgan fingerprint density at radius 1 is 1.28 bits per heavy atom. The number of phenols is 1. The number of fused-ring (bicyclic) bond motifs is 2. The first-order valence-corrected chi connectivity index (χ1v) is 12.2. The molecule has 2 heterocycles. The summed E-state index contributed by atoms with van der Waals surface area (Å²) >= 11 is 0. The van der Waals surface area contributed by atoms with Gasteiger partial charge < -0.3 is 19.9 Å². The number of hydrogen-bond donors (Lipinski definition) is 2. The number of amides is 1. The van der Waals surface area contributed by atoms with Crippen molar-refractivity contribution >= 4 is 5.91 Å². The second-order valence-electron chi connectivity index (χ2n) is 10.4. The highest BCUT2D eigenvalue weighted by Gasteiger charge is 2.48. The average Bonchev–Trinajstić information content (AvgIpc) is 3.06. The van der Waals surface area contributed by atoms with Gasteiger partial charge in [0.15, 0.2) is 0 Å². The molecule has 2 aliphatic rings. The van der Waals surface area contributed by atoms with Crippen LogP contribution in [-0.2, 0) is 18.3 Å². The van der Waals surface area contributed by atoms with Crippen LogP contribution in [0.3, 0.4) is 0 Å². The quantitative estimate of drug-likeness (QED) is 0.715. The highest BCUT2D eigenvalue weighted by atomic mass is 16.3. The number of likely N-dealkylation sites (tertiary alicyclic amines) is 1. The predicted octanol–water partition coefficient (Wildman–Crippen LogP) is 4.67. The third kappa shape index (κ3) is 3.75. The van der Waals surface area contributed by atoms with Gasteiger partial charge >= 0.3 is 0 Å². The molecule has 1 aromatic carbocycles. The standard InChI is InChI=1S/C27H39N3O2/c1-7-29-12-11-27(20-9-8-10-22(31)13-20)15-24-23(14-21(27)16-29)19(6)25(28-24)26(32)30(17(2)3)18(4)5/h8-10,13,17-18,21,28,31H,7,11-12,14-16H2,1-6H3/t21-,27+/m1/s1. The van der Waals surface area contributed by atoms with Crippen LogP contribution in [-0.4, -0.2) is 57.5 Å². The highest BCUT2D eigenvalue weighted by molar-refractivity contribution is 5.95. The van der Waals surface area contributed by atoms with Crippen LogP contribution < -0.4 is 0 Å². The monoisotopic (exact) mass is 437 g/mol. The van der Waals surface area contributed by atoms with Gasteiger partial charge in [-0.1, -0.05) is 19.1 Å². The molecule has 1 aromatic heterocycles. The van der Waals surface area contributed by atoms with Crippen molar-refractivity contribution in [2.45, 2.75) is 78.3 Å². The number of nitrogens with zero attached hydrogens (tertiary/aromatic N) is 2. The van der Waals surface area contributed by atoms with Gasteiger partial charge in [0.05, 0.1) is 0 Å². The molecule has 1 saturated heterocycles. The summed E-state index contributed by atoms with van der Waals surface area (Å²) in [5, 5.41) is 10.2. The Labute approximate surface area is 192 Å². The Hall–Kier alpha value is -2.27. The van der Waals surface area contributed by atoms with Crippen LogP contribution >= 0.6 is 0 Å². The van der Waals surface area contributed by atoms with Crippen LogP contribution in [0.25, 0.3) is 0 Å². The molecule has 5 nitrogen and oxygen atoms in total. The number of aromatic nitrogens is 1. The van der Waals surface area contributed by atoms with E-state index >= 15 is 0 Å². The molecule has 0 spiro atoms. The Morgan fingerprint density at radius 2 is 2.00 bits per heavy atom. The molecule has 174 valence electrons. The van der Waals surface area contributed by atoms with Crippen LogP contribution in [0.5, 0.6) is 5.75 Å². The molecular formula is C27H39N3O2. The number of carbonyl (C=O) groups is 1. The molecule has 32 heavy (non-hydrogen) atoms. The Kier molecular flexibility index (Phi) is 6.15. The van der Waals surface area contributed by atoms with Crippen molar-refractivity contribution < 1.29 is 9.90 Å². The lowest BCUT2D eigenvalue weighted by Crippen LogP contribution is -2.53. The Morgan fingerprint density at radius 3 is 2.62 bits per heavy atom. The van der Waals surface area contributed by atoms with Crippen molar-refractivity contribution in [3.63, 3.8) is 0 Å². The highest BCUT2D eigenvalue weighted by Crippen LogP contribution is 2.49. The first-order valence-electron chi connectivity index (χ1n) is 12.2. The Bertz CT molecular complexity index is 985. The number of aromatic amines is 1. The summed E-state index contributed by atoms with van der Waals surface area (Å²) < 4.78 is 0. The number of piperidine rings is 1. The summed E-state index contributed by atoms with van der Waals surface area (Å²) in [6.07, 6.45) is 2.94. The molecule has 0 radical (unpaired) electrons. The number of aromatic hydroxyl groups is 1. The molecule has 1 fully saturated rings. The van der Waals surface area contributed by atoms with E-state index in [0.29, 0.717) is 11.7 Å². The molecular weight excluding hydrogens is 398 g/mol. The molecule has 2 aromatic rings. The SMILES string of the molecule is CCN1CC[C@@]2(c3cccc(O)c3)Cc3[nH]c(C(=O)N(C(C)C)C(C)C)c(C)c3C[C@@H]2C1. The van der Waals surface area contributed by atoms with Crippen molar-refractivity contribution in [3.05, 3.63) is 52.3 Å². The van der Waals surface area contributed by atoms with Gasteiger partial charge in [-0.05, 0) is 102 Å². The summed E-state index contributed by atoms with van der Waals surface area (Å²) in [5.74, 6) is 0.906. The summed E-state index contributed by atoms with van der Waals surface area (Å²) in [4.78, 5) is 21.6. The normalized spacial score (nSPS) is 23.3. The fraction of sp³-hybridized carbons (Fsp3) is 0.593. The number of rotatable bonds is 5. The summed E-state index contributed by atoms with van der Waals surface area (Å²) in [7, 11) is 0. The fourth-order valence-corrected chi connectivity index (χ4v) is 6.31. The average molecular weight is 438 g/mol. The fourth-order valence-electron chi connectivity index (χ4n) is 6.31. The molecule has 1 aliphatic heterocycles. The van der Waals surface area contributed by atoms with E-state index in [4.69, 9.17) is 0 Å². The zero-order valence-corrected chi connectivity index (χ0v) is 20.5. The molecule has 1 amide bonds. The minimum Gasteiger partial charge on any atom is -0.508 e. The third-order valence-corrected chi connectivity index (χ3v) is 7.97. The van der Waals surface area contributed by atoms with E-state index < -0.39 is 0 Å². The lowest BCUT2D eigenvalue weighted by Gasteiger charge is -2.51. The first-order chi connectivity index (χ1) is 15.2. The zero-order chi connectivity index (χ0) is 23.2. The van der Waals surface area contributed by atoms with Gasteiger partial charge in [0.25, 0.3) is 5.91 Å². The van der Waals surface area contributed by atoms with Gasteiger partial charge in [-0.2, -0.15) is 0 Å². The maximum Gasteiger partial charge on any atom is 0.271 e. The predicted molar refractivity (Wildman–Crippen MR) is 129 cm³/mol. The van der Waals surface area contributed by atoms with Gasteiger partial charge in [0, 0.05) is 29.7 Å². The van der Waals surface area contributed by atoms with Crippen molar-refractivity contribution in [3.8, 4) is 5.75 Å².